The van der Waals surface area contributed by atoms with Crippen molar-refractivity contribution < 1.29 is 36.6 Å². The summed E-state index contributed by atoms with van der Waals surface area (Å²) >= 11 is 0. The predicted octanol–water partition coefficient (Wildman–Crippen LogP) is 10.8. The Morgan fingerprint density at radius 3 is 1.57 bits per heavy atom. The number of rotatable bonds is 11. The Balaban J connectivity index is 1.18. The SMILES string of the molecule is CC(C)(CC(=O)Oc1ccc(-c2ccc(F)cc2)c(F)c1)CC(C)(C)CC(=O)Oc1ccc(F)c(-c2ccc(-c3ccc(C#N)cc3)c(F)c2)c1. The first kappa shape index (κ1) is 36.5. The molecule has 0 aliphatic carbocycles. The summed E-state index contributed by atoms with van der Waals surface area (Å²) in [7, 11) is 0. The van der Waals surface area contributed by atoms with Gasteiger partial charge in [-0.25, -0.2) is 17.6 Å². The first-order valence-corrected chi connectivity index (χ1v) is 16.2. The first-order chi connectivity index (χ1) is 24.1. The molecule has 0 bridgehead atoms. The summed E-state index contributed by atoms with van der Waals surface area (Å²) in [5.74, 6) is -3.30. The van der Waals surface area contributed by atoms with Crippen LogP contribution in [0.3, 0.4) is 0 Å². The van der Waals surface area contributed by atoms with Crippen LogP contribution in [-0.4, -0.2) is 11.9 Å². The van der Waals surface area contributed by atoms with Crippen molar-refractivity contribution in [2.45, 2.75) is 47.0 Å². The zero-order chi connectivity index (χ0) is 36.9. The van der Waals surface area contributed by atoms with E-state index in [2.05, 4.69) is 0 Å². The topological polar surface area (TPSA) is 76.4 Å². The van der Waals surface area contributed by atoms with Crippen LogP contribution in [-0.2, 0) is 9.59 Å². The molecule has 9 heteroatoms. The van der Waals surface area contributed by atoms with Crippen LogP contribution in [0, 0.1) is 45.4 Å². The van der Waals surface area contributed by atoms with E-state index in [-0.39, 0.29) is 46.6 Å². The van der Waals surface area contributed by atoms with Gasteiger partial charge in [-0.05, 0) is 94.6 Å². The summed E-state index contributed by atoms with van der Waals surface area (Å²) in [6, 6.07) is 25.9. The monoisotopic (exact) mass is 693 g/mol. The number of esters is 2. The Morgan fingerprint density at radius 1 is 0.569 bits per heavy atom. The fourth-order valence-corrected chi connectivity index (χ4v) is 6.39. The van der Waals surface area contributed by atoms with E-state index in [4.69, 9.17) is 14.7 Å². The highest BCUT2D eigenvalue weighted by Crippen LogP contribution is 2.40. The van der Waals surface area contributed by atoms with Crippen LogP contribution >= 0.6 is 0 Å². The number of hydrogen-bond acceptors (Lipinski definition) is 5. The molecule has 0 heterocycles. The fourth-order valence-electron chi connectivity index (χ4n) is 6.39. The molecule has 0 N–H and O–H groups in total. The molecule has 0 spiro atoms. The maximum Gasteiger partial charge on any atom is 0.311 e. The molecule has 0 aromatic heterocycles. The average molecular weight is 694 g/mol. The van der Waals surface area contributed by atoms with Crippen LogP contribution in [0.1, 0.15) is 52.5 Å². The lowest BCUT2D eigenvalue weighted by atomic mass is 9.72. The van der Waals surface area contributed by atoms with Gasteiger partial charge in [0.15, 0.2) is 0 Å². The Kier molecular flexibility index (Phi) is 10.8. The summed E-state index contributed by atoms with van der Waals surface area (Å²) in [5.41, 5.74) is 1.07. The Morgan fingerprint density at radius 2 is 1.04 bits per heavy atom. The molecule has 0 aliphatic rings. The summed E-state index contributed by atoms with van der Waals surface area (Å²) in [4.78, 5) is 25.9. The molecule has 0 unspecified atom stereocenters. The summed E-state index contributed by atoms with van der Waals surface area (Å²) in [6.45, 7) is 7.44. The second-order valence-electron chi connectivity index (χ2n) is 14.0. The number of halogens is 4. The van der Waals surface area contributed by atoms with Crippen LogP contribution in [0.2, 0.25) is 0 Å². The molecule has 5 aromatic rings. The molecule has 5 rings (SSSR count). The number of nitriles is 1. The molecular formula is C42H35F4NO4. The number of carbonyl (C=O) groups is 2. The molecule has 0 saturated heterocycles. The summed E-state index contributed by atoms with van der Waals surface area (Å²) < 4.78 is 69.1. The van der Waals surface area contributed by atoms with Crippen LogP contribution in [0.15, 0.2) is 103 Å². The van der Waals surface area contributed by atoms with E-state index >= 15 is 4.39 Å². The third-order valence-electron chi connectivity index (χ3n) is 8.30. The van der Waals surface area contributed by atoms with Crippen molar-refractivity contribution in [3.05, 3.63) is 132 Å². The van der Waals surface area contributed by atoms with Crippen LogP contribution in [0.5, 0.6) is 11.5 Å². The zero-order valence-corrected chi connectivity index (χ0v) is 28.5. The molecular weight excluding hydrogens is 658 g/mol. The third kappa shape index (κ3) is 9.49. The quantitative estimate of drug-likeness (QED) is 0.0782. The molecule has 51 heavy (non-hydrogen) atoms. The molecule has 5 nitrogen and oxygen atoms in total. The Bertz CT molecular complexity index is 2120. The number of benzene rings is 5. The van der Waals surface area contributed by atoms with Gasteiger partial charge in [-0.15, -0.1) is 0 Å². The van der Waals surface area contributed by atoms with Gasteiger partial charge in [0.2, 0.25) is 0 Å². The number of nitrogens with zero attached hydrogens (tertiary/aromatic N) is 1. The van der Waals surface area contributed by atoms with Gasteiger partial charge in [-0.1, -0.05) is 64.1 Å². The molecule has 0 radical (unpaired) electrons. The van der Waals surface area contributed by atoms with E-state index in [9.17, 15) is 22.8 Å². The number of ether oxygens (including phenoxy) is 2. The molecule has 0 aliphatic heterocycles. The van der Waals surface area contributed by atoms with Gasteiger partial charge in [0, 0.05) is 22.8 Å². The Hall–Kier alpha value is -5.75. The molecule has 0 saturated carbocycles. The summed E-state index contributed by atoms with van der Waals surface area (Å²) in [5, 5.41) is 9.01. The minimum atomic E-state index is -0.628. The Labute approximate surface area is 294 Å². The largest absolute Gasteiger partial charge is 0.426 e. The first-order valence-electron chi connectivity index (χ1n) is 16.2. The van der Waals surface area contributed by atoms with E-state index in [0.29, 0.717) is 23.1 Å². The maximum absolute atomic E-state index is 15.1. The van der Waals surface area contributed by atoms with Gasteiger partial charge in [0.25, 0.3) is 0 Å². The standard InChI is InChI=1S/C42H35F4NO4/c1-41(2,25-42(3,4)23-40(49)51-32-14-17-34(38(46)21-32)28-9-12-30(43)13-10-28)22-39(48)50-31-15-18-36(44)35(20-31)29-11-16-33(37(45)19-29)27-7-5-26(24-47)6-8-27/h5-21H,22-23,25H2,1-4H3. The molecule has 0 fully saturated rings. The van der Waals surface area contributed by atoms with Crippen molar-refractivity contribution in [2.24, 2.45) is 10.8 Å². The lowest BCUT2D eigenvalue weighted by Crippen LogP contribution is -2.30. The fraction of sp³-hybridized carbons (Fsp3) is 0.214. The normalized spacial score (nSPS) is 11.5. The second kappa shape index (κ2) is 15.0. The molecule has 0 atom stereocenters. The van der Waals surface area contributed by atoms with Crippen molar-refractivity contribution in [3.8, 4) is 50.9 Å². The number of hydrogen-bond donors (Lipinski definition) is 0. The minimum Gasteiger partial charge on any atom is -0.426 e. The highest BCUT2D eigenvalue weighted by atomic mass is 19.1. The lowest BCUT2D eigenvalue weighted by molar-refractivity contribution is -0.137. The summed E-state index contributed by atoms with van der Waals surface area (Å²) in [6.07, 6.45) is 0.373. The van der Waals surface area contributed by atoms with Crippen molar-refractivity contribution >= 4 is 11.9 Å². The number of carbonyl (C=O) groups excluding carboxylic acids is 2. The highest BCUT2D eigenvalue weighted by Gasteiger charge is 2.34. The molecule has 0 amide bonds. The maximum atomic E-state index is 15.1. The smallest absolute Gasteiger partial charge is 0.311 e. The molecule has 260 valence electrons. The second-order valence-corrected chi connectivity index (χ2v) is 14.0. The third-order valence-corrected chi connectivity index (χ3v) is 8.30. The van der Waals surface area contributed by atoms with Crippen molar-refractivity contribution in [3.63, 3.8) is 0 Å². The van der Waals surface area contributed by atoms with E-state index in [1.807, 2.05) is 33.8 Å². The van der Waals surface area contributed by atoms with E-state index < -0.39 is 46.0 Å². The van der Waals surface area contributed by atoms with Gasteiger partial charge in [-0.2, -0.15) is 5.26 Å². The van der Waals surface area contributed by atoms with Gasteiger partial charge in [0.1, 0.15) is 34.8 Å². The van der Waals surface area contributed by atoms with Crippen molar-refractivity contribution in [1.29, 1.82) is 5.26 Å². The van der Waals surface area contributed by atoms with Crippen molar-refractivity contribution in [2.75, 3.05) is 0 Å². The molecule has 5 aromatic carbocycles. The predicted molar refractivity (Wildman–Crippen MR) is 186 cm³/mol. The lowest BCUT2D eigenvalue weighted by Gasteiger charge is -2.33. The zero-order valence-electron chi connectivity index (χ0n) is 28.5. The van der Waals surface area contributed by atoms with Crippen LogP contribution in [0.4, 0.5) is 17.6 Å². The average Bonchev–Trinajstić information content (AvgIpc) is 3.05. The highest BCUT2D eigenvalue weighted by molar-refractivity contribution is 5.76. The van der Waals surface area contributed by atoms with E-state index in [0.717, 1.165) is 12.1 Å². The van der Waals surface area contributed by atoms with Gasteiger partial charge in [0.05, 0.1) is 24.5 Å². The van der Waals surface area contributed by atoms with Gasteiger partial charge >= 0.3 is 11.9 Å². The van der Waals surface area contributed by atoms with Gasteiger partial charge < -0.3 is 9.47 Å². The van der Waals surface area contributed by atoms with Crippen LogP contribution < -0.4 is 9.47 Å². The van der Waals surface area contributed by atoms with E-state index in [1.54, 1.807) is 30.3 Å². The van der Waals surface area contributed by atoms with Gasteiger partial charge in [-0.3, -0.25) is 9.59 Å². The van der Waals surface area contributed by atoms with E-state index in [1.165, 1.54) is 60.7 Å². The minimum absolute atomic E-state index is 0.0192. The van der Waals surface area contributed by atoms with Crippen LogP contribution in [0.25, 0.3) is 33.4 Å². The van der Waals surface area contributed by atoms with Crippen molar-refractivity contribution in [1.82, 2.24) is 0 Å².